The first-order valence-electron chi connectivity index (χ1n) is 5.36. The van der Waals surface area contributed by atoms with Gasteiger partial charge >= 0.3 is 0 Å². The van der Waals surface area contributed by atoms with Crippen LogP contribution in [0.1, 0.15) is 15.9 Å². The highest BCUT2D eigenvalue weighted by molar-refractivity contribution is 7.86. The van der Waals surface area contributed by atoms with Crippen LogP contribution in [0.2, 0.25) is 0 Å². The molecule has 1 N–H and O–H groups in total. The van der Waals surface area contributed by atoms with Gasteiger partial charge < -0.3 is 0 Å². The Balaban J connectivity index is 2.58. The first kappa shape index (κ1) is 14.3. The van der Waals surface area contributed by atoms with Gasteiger partial charge in [-0.2, -0.15) is 8.42 Å². The minimum Gasteiger partial charge on any atom is -0.289 e. The summed E-state index contributed by atoms with van der Waals surface area (Å²) in [6.07, 6.45) is 0. The molecule has 0 spiro atoms. The lowest BCUT2D eigenvalue weighted by Crippen LogP contribution is -2.10. The Hall–Kier alpha value is -2.12. The summed E-state index contributed by atoms with van der Waals surface area (Å²) in [7, 11) is -4.75. The van der Waals surface area contributed by atoms with Crippen molar-refractivity contribution in [1.29, 1.82) is 0 Å². The van der Waals surface area contributed by atoms with Gasteiger partial charge in [0.2, 0.25) is 0 Å². The fourth-order valence-corrected chi connectivity index (χ4v) is 2.35. The Morgan fingerprint density at radius 2 is 1.50 bits per heavy atom. The molecular weight excluding hydrogens is 290 g/mol. The van der Waals surface area contributed by atoms with E-state index in [4.69, 9.17) is 4.55 Å². The Bertz CT molecular complexity index is 767. The number of halogens is 2. The highest BCUT2D eigenvalue weighted by Gasteiger charge is 2.22. The second-order valence-electron chi connectivity index (χ2n) is 3.95. The van der Waals surface area contributed by atoms with Gasteiger partial charge in [0.15, 0.2) is 5.78 Å². The summed E-state index contributed by atoms with van der Waals surface area (Å²) in [6.45, 7) is 0. The van der Waals surface area contributed by atoms with Gasteiger partial charge in [-0.25, -0.2) is 8.78 Å². The number of hydrogen-bond donors (Lipinski definition) is 1. The summed E-state index contributed by atoms with van der Waals surface area (Å²) in [6, 6.07) is 6.78. The van der Waals surface area contributed by atoms with Crippen molar-refractivity contribution in [1.82, 2.24) is 0 Å². The van der Waals surface area contributed by atoms with E-state index in [0.29, 0.717) is 6.07 Å². The average Bonchev–Trinajstić information content (AvgIpc) is 2.38. The summed E-state index contributed by atoms with van der Waals surface area (Å²) in [5.41, 5.74) is -0.372. The van der Waals surface area contributed by atoms with Crippen molar-refractivity contribution in [2.45, 2.75) is 4.90 Å². The van der Waals surface area contributed by atoms with Gasteiger partial charge in [-0.05, 0) is 42.5 Å². The molecule has 0 amide bonds. The molecular formula is C13H8F2O4S. The van der Waals surface area contributed by atoms with Gasteiger partial charge in [-0.1, -0.05) is 0 Å². The fraction of sp³-hybridized carbons (Fsp3) is 0. The number of hydrogen-bond acceptors (Lipinski definition) is 3. The smallest absolute Gasteiger partial charge is 0.289 e. The van der Waals surface area contributed by atoms with Crippen molar-refractivity contribution >= 4 is 15.9 Å². The topological polar surface area (TPSA) is 71.4 Å². The normalized spacial score (nSPS) is 11.3. The third kappa shape index (κ3) is 2.89. The van der Waals surface area contributed by atoms with E-state index in [1.165, 1.54) is 0 Å². The summed E-state index contributed by atoms with van der Waals surface area (Å²) in [5.74, 6) is -2.23. The summed E-state index contributed by atoms with van der Waals surface area (Å²) in [4.78, 5) is 11.3. The monoisotopic (exact) mass is 298 g/mol. The zero-order chi connectivity index (χ0) is 14.9. The summed E-state index contributed by atoms with van der Waals surface area (Å²) in [5, 5.41) is 0. The quantitative estimate of drug-likeness (QED) is 0.698. The van der Waals surface area contributed by atoms with Crippen LogP contribution in [0.3, 0.4) is 0 Å². The molecule has 0 heterocycles. The van der Waals surface area contributed by atoms with Gasteiger partial charge in [0.25, 0.3) is 10.1 Å². The van der Waals surface area contributed by atoms with E-state index in [9.17, 15) is 22.0 Å². The van der Waals surface area contributed by atoms with E-state index in [1.807, 2.05) is 0 Å². The van der Waals surface area contributed by atoms with Crippen molar-refractivity contribution in [2.24, 2.45) is 0 Å². The van der Waals surface area contributed by atoms with Crippen molar-refractivity contribution in [3.05, 3.63) is 65.2 Å². The lowest BCUT2D eigenvalue weighted by atomic mass is 10.0. The molecule has 0 unspecified atom stereocenters. The largest absolute Gasteiger partial charge is 0.295 e. The molecule has 2 aromatic rings. The van der Waals surface area contributed by atoms with Crippen LogP contribution < -0.4 is 0 Å². The van der Waals surface area contributed by atoms with Crippen LogP contribution in [-0.4, -0.2) is 18.8 Å². The molecule has 0 aliphatic carbocycles. The zero-order valence-electron chi connectivity index (χ0n) is 9.88. The molecule has 7 heteroatoms. The van der Waals surface area contributed by atoms with Crippen molar-refractivity contribution < 1.29 is 26.5 Å². The molecule has 2 rings (SSSR count). The molecule has 0 aliphatic heterocycles. The van der Waals surface area contributed by atoms with Crippen LogP contribution in [0.4, 0.5) is 8.78 Å². The van der Waals surface area contributed by atoms with Gasteiger partial charge in [0, 0.05) is 11.1 Å². The Kier molecular flexibility index (Phi) is 3.65. The second kappa shape index (κ2) is 5.10. The Morgan fingerprint density at radius 1 is 0.950 bits per heavy atom. The van der Waals surface area contributed by atoms with Crippen LogP contribution in [0.15, 0.2) is 47.4 Å². The van der Waals surface area contributed by atoms with Crippen LogP contribution >= 0.6 is 0 Å². The molecule has 2 aromatic carbocycles. The molecule has 104 valence electrons. The van der Waals surface area contributed by atoms with Gasteiger partial charge in [-0.3, -0.25) is 9.35 Å². The predicted octanol–water partition coefficient (Wildman–Crippen LogP) is 2.44. The van der Waals surface area contributed by atoms with E-state index < -0.39 is 32.4 Å². The zero-order valence-corrected chi connectivity index (χ0v) is 10.7. The first-order valence-corrected chi connectivity index (χ1v) is 6.80. The molecule has 0 radical (unpaired) electrons. The standard InChI is InChI=1S/C13H8F2O4S/c14-9-3-1-8(2-4-9)13(16)11-6-5-10(15)7-12(11)20(17,18)19/h1-7H,(H,17,18,19). The van der Waals surface area contributed by atoms with Crippen LogP contribution in [0.25, 0.3) is 0 Å². The molecule has 0 atom stereocenters. The van der Waals surface area contributed by atoms with Gasteiger partial charge in [0.05, 0.1) is 0 Å². The highest BCUT2D eigenvalue weighted by atomic mass is 32.2. The van der Waals surface area contributed by atoms with Crippen molar-refractivity contribution in [3.63, 3.8) is 0 Å². The van der Waals surface area contributed by atoms with E-state index in [-0.39, 0.29) is 11.1 Å². The first-order chi connectivity index (χ1) is 9.29. The van der Waals surface area contributed by atoms with Gasteiger partial charge in [-0.15, -0.1) is 0 Å². The minimum atomic E-state index is -4.75. The number of ketones is 1. The van der Waals surface area contributed by atoms with Crippen molar-refractivity contribution in [3.8, 4) is 0 Å². The Labute approximate surface area is 113 Å². The Morgan fingerprint density at radius 3 is 2.05 bits per heavy atom. The highest BCUT2D eigenvalue weighted by Crippen LogP contribution is 2.20. The van der Waals surface area contributed by atoms with E-state index >= 15 is 0 Å². The fourth-order valence-electron chi connectivity index (χ4n) is 1.65. The summed E-state index contributed by atoms with van der Waals surface area (Å²) < 4.78 is 57.2. The average molecular weight is 298 g/mol. The lowest BCUT2D eigenvalue weighted by molar-refractivity contribution is 0.103. The molecule has 0 fully saturated rings. The molecule has 0 aromatic heterocycles. The SMILES string of the molecule is O=C(c1ccc(F)cc1)c1ccc(F)cc1S(=O)(=O)O. The van der Waals surface area contributed by atoms with Gasteiger partial charge in [0.1, 0.15) is 16.5 Å². The maximum atomic E-state index is 13.1. The van der Waals surface area contributed by atoms with Crippen LogP contribution in [0, 0.1) is 11.6 Å². The van der Waals surface area contributed by atoms with E-state index in [2.05, 4.69) is 0 Å². The lowest BCUT2D eigenvalue weighted by Gasteiger charge is -2.06. The molecule has 20 heavy (non-hydrogen) atoms. The molecule has 0 saturated heterocycles. The maximum Gasteiger partial charge on any atom is 0.295 e. The minimum absolute atomic E-state index is 0.0166. The molecule has 0 bridgehead atoms. The summed E-state index contributed by atoms with van der Waals surface area (Å²) >= 11 is 0. The van der Waals surface area contributed by atoms with Crippen molar-refractivity contribution in [2.75, 3.05) is 0 Å². The number of carbonyl (C=O) groups excluding carboxylic acids is 1. The second-order valence-corrected chi connectivity index (χ2v) is 5.34. The third-order valence-corrected chi connectivity index (χ3v) is 3.47. The predicted molar refractivity (Wildman–Crippen MR) is 66.0 cm³/mol. The molecule has 4 nitrogen and oxygen atoms in total. The number of rotatable bonds is 3. The maximum absolute atomic E-state index is 13.1. The third-order valence-electron chi connectivity index (χ3n) is 2.57. The van der Waals surface area contributed by atoms with Crippen LogP contribution in [0.5, 0.6) is 0 Å². The number of benzene rings is 2. The van der Waals surface area contributed by atoms with E-state index in [1.54, 1.807) is 0 Å². The molecule has 0 saturated carbocycles. The molecule has 0 aliphatic rings. The van der Waals surface area contributed by atoms with E-state index in [0.717, 1.165) is 36.4 Å². The van der Waals surface area contributed by atoms with Crippen LogP contribution in [-0.2, 0) is 10.1 Å². The number of carbonyl (C=O) groups is 1.